The molecule has 0 spiro atoms. The third-order valence-corrected chi connectivity index (χ3v) is 4.86. The molecule has 6 heteroatoms. The van der Waals surface area contributed by atoms with Crippen LogP contribution in [0.25, 0.3) is 11.1 Å². The fourth-order valence-electron chi connectivity index (χ4n) is 3.56. The monoisotopic (exact) mass is 390 g/mol. The lowest BCUT2D eigenvalue weighted by atomic mass is 9.98. The highest BCUT2D eigenvalue weighted by Crippen LogP contribution is 2.44. The summed E-state index contributed by atoms with van der Waals surface area (Å²) in [6, 6.07) is 20.9. The summed E-state index contributed by atoms with van der Waals surface area (Å²) in [5.41, 5.74) is 4.01. The molecular formula is C23H19NO5. The van der Waals surface area contributed by atoms with Crippen LogP contribution in [0.4, 0.5) is 10.5 Å². The first kappa shape index (κ1) is 17.3. The molecule has 0 saturated heterocycles. The van der Waals surface area contributed by atoms with Crippen molar-refractivity contribution in [2.75, 3.05) is 18.0 Å². The maximum atomic E-state index is 12.8. The zero-order valence-electron chi connectivity index (χ0n) is 16.4. The molecule has 1 amide bonds. The van der Waals surface area contributed by atoms with Crippen molar-refractivity contribution in [3.05, 3.63) is 83.9 Å². The second-order valence-corrected chi connectivity index (χ2v) is 6.67. The number of carboxylic acids is 1. The number of aromatic hydroxyl groups is 1. The van der Waals surface area contributed by atoms with Crippen LogP contribution in [-0.4, -0.2) is 35.4 Å². The number of nitrogens with zero attached hydrogens (tertiary/aromatic N) is 1. The van der Waals surface area contributed by atoms with E-state index in [1.165, 1.54) is 24.3 Å². The number of phenols is 1. The molecule has 1 aliphatic rings. The zero-order chi connectivity index (χ0) is 21.3. The molecule has 0 aromatic heterocycles. The summed E-state index contributed by atoms with van der Waals surface area (Å²) in [5, 5.41) is 18.7. The molecular weight excluding hydrogens is 370 g/mol. The Bertz CT molecular complexity index is 1050. The van der Waals surface area contributed by atoms with Gasteiger partial charge < -0.3 is 14.9 Å². The summed E-state index contributed by atoms with van der Waals surface area (Å²) in [7, 11) is 0. The maximum Gasteiger partial charge on any atom is 0.414 e. The van der Waals surface area contributed by atoms with Crippen LogP contribution in [-0.2, 0) is 9.53 Å². The zero-order valence-corrected chi connectivity index (χ0v) is 15.4. The Hall–Kier alpha value is -3.80. The average molecular weight is 390 g/mol. The summed E-state index contributed by atoms with van der Waals surface area (Å²) in [6.07, 6.45) is -0.940. The van der Waals surface area contributed by atoms with Gasteiger partial charge in [0.05, 0.1) is 1.37 Å². The number of benzene rings is 3. The highest BCUT2D eigenvalue weighted by molar-refractivity contribution is 5.93. The van der Waals surface area contributed by atoms with E-state index in [0.717, 1.165) is 27.2 Å². The Morgan fingerprint density at radius 3 is 2.03 bits per heavy atom. The van der Waals surface area contributed by atoms with Gasteiger partial charge in [-0.25, -0.2) is 4.79 Å². The first-order chi connectivity index (χ1) is 14.5. The molecule has 3 aromatic rings. The fourth-order valence-corrected chi connectivity index (χ4v) is 3.56. The lowest BCUT2D eigenvalue weighted by molar-refractivity contribution is -0.135. The van der Waals surface area contributed by atoms with E-state index in [9.17, 15) is 19.8 Å². The van der Waals surface area contributed by atoms with E-state index in [1.54, 1.807) is 0 Å². The Morgan fingerprint density at radius 2 is 1.48 bits per heavy atom. The average Bonchev–Trinajstić information content (AvgIpc) is 3.07. The minimum atomic E-state index is -1.27. The lowest BCUT2D eigenvalue weighted by Gasteiger charge is -2.22. The molecule has 6 nitrogen and oxygen atoms in total. The van der Waals surface area contributed by atoms with Gasteiger partial charge in [-0.15, -0.1) is 0 Å². The van der Waals surface area contributed by atoms with Gasteiger partial charge in [-0.3, -0.25) is 9.69 Å². The summed E-state index contributed by atoms with van der Waals surface area (Å²) in [5.74, 6) is -1.72. The molecule has 2 N–H and O–H groups in total. The molecule has 1 atom stereocenters. The smallest absolute Gasteiger partial charge is 0.414 e. The Labute approximate surface area is 169 Å². The molecule has 146 valence electrons. The Morgan fingerprint density at radius 1 is 0.931 bits per heavy atom. The summed E-state index contributed by atoms with van der Waals surface area (Å²) >= 11 is 0. The van der Waals surface area contributed by atoms with Crippen molar-refractivity contribution in [1.82, 2.24) is 0 Å². The molecule has 0 radical (unpaired) electrons. The van der Waals surface area contributed by atoms with Crippen LogP contribution in [0, 0.1) is 0 Å². The van der Waals surface area contributed by atoms with Crippen molar-refractivity contribution < 1.29 is 25.9 Å². The third-order valence-electron chi connectivity index (χ3n) is 4.86. The summed E-state index contributed by atoms with van der Waals surface area (Å²) in [6.45, 7) is -1.90. The van der Waals surface area contributed by atoms with Gasteiger partial charge in [0, 0.05) is 11.6 Å². The minimum Gasteiger partial charge on any atom is -0.508 e. The number of amides is 1. The molecule has 4 rings (SSSR count). The minimum absolute atomic E-state index is 0.0140. The SMILES string of the molecule is [2H]C(OC(=O)N(CC(=O)O)c1ccc(O)cc1)C1c2ccccc2-c2ccccc21. The van der Waals surface area contributed by atoms with Gasteiger partial charge in [0.15, 0.2) is 0 Å². The quantitative estimate of drug-likeness (QED) is 0.681. The molecule has 3 aromatic carbocycles. The highest BCUT2D eigenvalue weighted by atomic mass is 16.6. The second kappa shape index (κ2) is 7.67. The largest absolute Gasteiger partial charge is 0.508 e. The van der Waals surface area contributed by atoms with E-state index < -0.39 is 31.1 Å². The molecule has 0 saturated carbocycles. The lowest BCUT2D eigenvalue weighted by Crippen LogP contribution is -2.36. The first-order valence-electron chi connectivity index (χ1n) is 9.63. The van der Waals surface area contributed by atoms with E-state index in [2.05, 4.69) is 0 Å². The van der Waals surface area contributed by atoms with Gasteiger partial charge >= 0.3 is 12.1 Å². The van der Waals surface area contributed by atoms with Crippen LogP contribution in [0.2, 0.25) is 0 Å². The van der Waals surface area contributed by atoms with Crippen molar-refractivity contribution in [2.24, 2.45) is 0 Å². The molecule has 29 heavy (non-hydrogen) atoms. The van der Waals surface area contributed by atoms with Gasteiger partial charge in [0.2, 0.25) is 0 Å². The van der Waals surface area contributed by atoms with Crippen LogP contribution in [0.15, 0.2) is 72.8 Å². The van der Waals surface area contributed by atoms with Crippen molar-refractivity contribution >= 4 is 17.7 Å². The summed E-state index contributed by atoms with van der Waals surface area (Å²) < 4.78 is 14.0. The predicted molar refractivity (Wildman–Crippen MR) is 108 cm³/mol. The number of fused-ring (bicyclic) bond motifs is 3. The normalized spacial score (nSPS) is 13.7. The van der Waals surface area contributed by atoms with Crippen LogP contribution >= 0.6 is 0 Å². The van der Waals surface area contributed by atoms with Crippen LogP contribution in [0.3, 0.4) is 0 Å². The molecule has 1 aliphatic carbocycles. The highest BCUT2D eigenvalue weighted by Gasteiger charge is 2.30. The molecule has 0 fully saturated rings. The van der Waals surface area contributed by atoms with E-state index >= 15 is 0 Å². The number of rotatable bonds is 5. The van der Waals surface area contributed by atoms with E-state index in [0.29, 0.717) is 0 Å². The van der Waals surface area contributed by atoms with E-state index in [-0.39, 0.29) is 11.4 Å². The standard InChI is InChI=1S/C23H19NO5/c25-16-11-9-15(10-12-16)24(13-22(26)27)23(28)29-14-21-19-7-3-1-5-17(19)18-6-2-4-8-20(18)21/h1-12,21,25H,13-14H2,(H,26,27)/i14D. The first-order valence-corrected chi connectivity index (χ1v) is 9.05. The number of carbonyl (C=O) groups excluding carboxylic acids is 1. The second-order valence-electron chi connectivity index (χ2n) is 6.67. The van der Waals surface area contributed by atoms with Crippen molar-refractivity contribution in [1.29, 1.82) is 0 Å². The molecule has 0 aliphatic heterocycles. The van der Waals surface area contributed by atoms with Crippen molar-refractivity contribution in [3.63, 3.8) is 0 Å². The molecule has 0 bridgehead atoms. The van der Waals surface area contributed by atoms with E-state index in [1.807, 2.05) is 48.5 Å². The number of carbonyl (C=O) groups is 2. The summed E-state index contributed by atoms with van der Waals surface area (Å²) in [4.78, 5) is 25.0. The fraction of sp³-hybridized carbons (Fsp3) is 0.130. The Balaban J connectivity index is 1.62. The Kier molecular flexibility index (Phi) is 4.58. The third kappa shape index (κ3) is 3.65. The van der Waals surface area contributed by atoms with Gasteiger partial charge in [-0.1, -0.05) is 48.5 Å². The van der Waals surface area contributed by atoms with Gasteiger partial charge in [-0.2, -0.15) is 0 Å². The maximum absolute atomic E-state index is 12.8. The van der Waals surface area contributed by atoms with Crippen LogP contribution in [0.1, 0.15) is 18.4 Å². The predicted octanol–water partition coefficient (Wildman–Crippen LogP) is 4.23. The topological polar surface area (TPSA) is 87.1 Å². The number of carboxylic acid groups (broad SMARTS) is 1. The van der Waals surface area contributed by atoms with Crippen molar-refractivity contribution in [2.45, 2.75) is 5.92 Å². The number of hydrogen-bond donors (Lipinski definition) is 2. The van der Waals surface area contributed by atoms with Crippen LogP contribution < -0.4 is 4.90 Å². The van der Waals surface area contributed by atoms with Crippen LogP contribution in [0.5, 0.6) is 5.75 Å². The van der Waals surface area contributed by atoms with Gasteiger partial charge in [-0.05, 0) is 46.5 Å². The number of aliphatic carboxylic acids is 1. The number of phenolic OH excluding ortho intramolecular Hbond substituents is 1. The van der Waals surface area contributed by atoms with Gasteiger partial charge in [0.1, 0.15) is 18.9 Å². The number of ether oxygens (including phenoxy) is 1. The number of hydrogen-bond acceptors (Lipinski definition) is 4. The van der Waals surface area contributed by atoms with Crippen molar-refractivity contribution in [3.8, 4) is 16.9 Å². The molecule has 0 heterocycles. The number of anilines is 1. The van der Waals surface area contributed by atoms with Gasteiger partial charge in [0.25, 0.3) is 0 Å². The molecule has 1 unspecified atom stereocenters. The van der Waals surface area contributed by atoms with E-state index in [4.69, 9.17) is 6.11 Å².